The van der Waals surface area contributed by atoms with Crippen LogP contribution in [0.5, 0.6) is 0 Å². The Morgan fingerprint density at radius 3 is 1.58 bits per heavy atom. The van der Waals surface area contributed by atoms with Crippen molar-refractivity contribution < 1.29 is 0 Å². The van der Waals surface area contributed by atoms with Crippen LogP contribution < -0.4 is 10.6 Å². The van der Waals surface area contributed by atoms with E-state index in [2.05, 4.69) is 22.8 Å². The zero-order valence-electron chi connectivity index (χ0n) is 7.46. The molecule has 0 aromatic heterocycles. The van der Waals surface area contributed by atoms with Gasteiger partial charge in [-0.25, -0.2) is 0 Å². The summed E-state index contributed by atoms with van der Waals surface area (Å²) in [5.41, 5.74) is 0. The molecule has 12 heavy (non-hydrogen) atoms. The van der Waals surface area contributed by atoms with Gasteiger partial charge in [-0.05, 0) is 13.8 Å². The smallest absolute Gasteiger partial charge is 0.0924 e. The first-order chi connectivity index (χ1) is 5.70. The lowest BCUT2D eigenvalue weighted by Gasteiger charge is -2.07. The summed E-state index contributed by atoms with van der Waals surface area (Å²) in [6.07, 6.45) is 0. The van der Waals surface area contributed by atoms with Crippen LogP contribution >= 0.6 is 0 Å². The van der Waals surface area contributed by atoms with Crippen molar-refractivity contribution in [3.8, 4) is 12.1 Å². The first kappa shape index (κ1) is 10.9. The van der Waals surface area contributed by atoms with Gasteiger partial charge in [-0.15, -0.1) is 0 Å². The van der Waals surface area contributed by atoms with Gasteiger partial charge < -0.3 is 10.6 Å². The number of nitrogens with one attached hydrogen (secondary N) is 2. The summed E-state index contributed by atoms with van der Waals surface area (Å²) < 4.78 is 0. The third-order valence-corrected chi connectivity index (χ3v) is 1.41. The largest absolute Gasteiger partial charge is 0.301 e. The summed E-state index contributed by atoms with van der Waals surface area (Å²) >= 11 is 0. The molecule has 66 valence electrons. The Morgan fingerprint density at radius 1 is 1.00 bits per heavy atom. The van der Waals surface area contributed by atoms with Gasteiger partial charge in [0.05, 0.1) is 24.2 Å². The van der Waals surface area contributed by atoms with Gasteiger partial charge in [0.25, 0.3) is 0 Å². The van der Waals surface area contributed by atoms with Gasteiger partial charge in [0.2, 0.25) is 0 Å². The molecular formula is C8H14N4. The van der Waals surface area contributed by atoms with Crippen molar-refractivity contribution in [3.05, 3.63) is 0 Å². The maximum Gasteiger partial charge on any atom is 0.0924 e. The Labute approximate surface area is 73.2 Å². The molecule has 0 aliphatic heterocycles. The number of nitrogens with zero attached hydrogens (tertiary/aromatic N) is 2. The molecular weight excluding hydrogens is 152 g/mol. The lowest BCUT2D eigenvalue weighted by molar-refractivity contribution is 0.570. The molecule has 0 fully saturated rings. The van der Waals surface area contributed by atoms with Gasteiger partial charge in [-0.1, -0.05) is 0 Å². The van der Waals surface area contributed by atoms with Crippen molar-refractivity contribution in [1.82, 2.24) is 10.6 Å². The molecule has 0 rings (SSSR count). The van der Waals surface area contributed by atoms with E-state index in [1.54, 1.807) is 13.8 Å². The predicted octanol–water partition coefficient (Wildman–Crippen LogP) is -0.0102. The molecule has 0 aromatic rings. The van der Waals surface area contributed by atoms with Crippen LogP contribution in [0.1, 0.15) is 13.8 Å². The van der Waals surface area contributed by atoms with E-state index in [0.717, 1.165) is 0 Å². The third kappa shape index (κ3) is 5.67. The van der Waals surface area contributed by atoms with E-state index in [0.29, 0.717) is 13.1 Å². The number of hydrogen-bond acceptors (Lipinski definition) is 4. The molecule has 4 nitrogen and oxygen atoms in total. The fourth-order valence-electron chi connectivity index (χ4n) is 0.669. The molecule has 0 aliphatic rings. The predicted molar refractivity (Wildman–Crippen MR) is 46.2 cm³/mol. The highest BCUT2D eigenvalue weighted by molar-refractivity contribution is 4.87. The van der Waals surface area contributed by atoms with Gasteiger partial charge in [-0.2, -0.15) is 10.5 Å². The van der Waals surface area contributed by atoms with Gasteiger partial charge in [0.15, 0.2) is 0 Å². The van der Waals surface area contributed by atoms with E-state index >= 15 is 0 Å². The average molecular weight is 166 g/mol. The summed E-state index contributed by atoms with van der Waals surface area (Å²) in [6, 6.07) is 3.88. The third-order valence-electron chi connectivity index (χ3n) is 1.41. The fourth-order valence-corrected chi connectivity index (χ4v) is 0.669. The molecule has 0 spiro atoms. The maximum atomic E-state index is 8.40. The minimum atomic E-state index is -0.121. The monoisotopic (exact) mass is 166 g/mol. The molecule has 0 heterocycles. The molecule has 0 amide bonds. The van der Waals surface area contributed by atoms with Crippen LogP contribution in [-0.4, -0.2) is 25.2 Å². The van der Waals surface area contributed by atoms with E-state index in [4.69, 9.17) is 10.5 Å². The summed E-state index contributed by atoms with van der Waals surface area (Å²) in [7, 11) is 0. The topological polar surface area (TPSA) is 71.6 Å². The highest BCUT2D eigenvalue weighted by Crippen LogP contribution is 1.76. The number of rotatable bonds is 5. The second kappa shape index (κ2) is 6.60. The Kier molecular flexibility index (Phi) is 6.00. The van der Waals surface area contributed by atoms with Gasteiger partial charge in [-0.3, -0.25) is 0 Å². The van der Waals surface area contributed by atoms with Crippen LogP contribution in [0.25, 0.3) is 0 Å². The van der Waals surface area contributed by atoms with Crippen molar-refractivity contribution in [2.45, 2.75) is 25.9 Å². The molecule has 0 radical (unpaired) electrons. The van der Waals surface area contributed by atoms with Gasteiger partial charge in [0.1, 0.15) is 0 Å². The number of hydrogen-bond donors (Lipinski definition) is 2. The molecule has 0 saturated heterocycles. The minimum Gasteiger partial charge on any atom is -0.301 e. The Hall–Kier alpha value is -1.10. The summed E-state index contributed by atoms with van der Waals surface area (Å²) in [5.74, 6) is 0. The van der Waals surface area contributed by atoms with Crippen LogP contribution in [-0.2, 0) is 0 Å². The standard InChI is InChI=1S/C8H14N4/c1-7(5-9)11-3-4-12-8(2)6-10/h7-8,11-12H,3-4H2,1-2H3/t7-,8-/m1/s1. The second-order valence-electron chi connectivity index (χ2n) is 2.61. The summed E-state index contributed by atoms with van der Waals surface area (Å²) in [5, 5.41) is 22.8. The van der Waals surface area contributed by atoms with E-state index < -0.39 is 0 Å². The van der Waals surface area contributed by atoms with E-state index in [1.807, 2.05) is 0 Å². The molecule has 0 bridgehead atoms. The van der Waals surface area contributed by atoms with E-state index in [1.165, 1.54) is 0 Å². The van der Waals surface area contributed by atoms with Gasteiger partial charge in [0, 0.05) is 13.1 Å². The quantitative estimate of drug-likeness (QED) is 0.563. The lowest BCUT2D eigenvalue weighted by atomic mass is 10.3. The highest BCUT2D eigenvalue weighted by Gasteiger charge is 1.98. The summed E-state index contributed by atoms with van der Waals surface area (Å²) in [4.78, 5) is 0. The Bertz CT molecular complexity index is 166. The fraction of sp³-hybridized carbons (Fsp3) is 0.750. The van der Waals surface area contributed by atoms with Crippen molar-refractivity contribution >= 4 is 0 Å². The highest BCUT2D eigenvalue weighted by atomic mass is 15.0. The second-order valence-corrected chi connectivity index (χ2v) is 2.61. The molecule has 4 heteroatoms. The first-order valence-corrected chi connectivity index (χ1v) is 3.96. The van der Waals surface area contributed by atoms with Crippen LogP contribution in [0.3, 0.4) is 0 Å². The zero-order chi connectivity index (χ0) is 9.40. The van der Waals surface area contributed by atoms with E-state index in [9.17, 15) is 0 Å². The zero-order valence-corrected chi connectivity index (χ0v) is 7.46. The lowest BCUT2D eigenvalue weighted by Crippen LogP contribution is -2.35. The molecule has 0 saturated carbocycles. The van der Waals surface area contributed by atoms with Crippen molar-refractivity contribution in [1.29, 1.82) is 10.5 Å². The molecule has 0 unspecified atom stereocenters. The minimum absolute atomic E-state index is 0.121. The van der Waals surface area contributed by atoms with Crippen LogP contribution in [0.4, 0.5) is 0 Å². The Balaban J connectivity index is 3.24. The van der Waals surface area contributed by atoms with Crippen LogP contribution in [0, 0.1) is 22.7 Å². The SMILES string of the molecule is C[C@H](C#N)NCCN[C@H](C)C#N. The van der Waals surface area contributed by atoms with Crippen molar-refractivity contribution in [3.63, 3.8) is 0 Å². The van der Waals surface area contributed by atoms with Gasteiger partial charge >= 0.3 is 0 Å². The van der Waals surface area contributed by atoms with Crippen molar-refractivity contribution in [2.24, 2.45) is 0 Å². The first-order valence-electron chi connectivity index (χ1n) is 3.96. The number of nitriles is 2. The Morgan fingerprint density at radius 2 is 1.33 bits per heavy atom. The average Bonchev–Trinajstić information content (AvgIpc) is 2.11. The van der Waals surface area contributed by atoms with Crippen molar-refractivity contribution in [2.75, 3.05) is 13.1 Å². The molecule has 2 atom stereocenters. The molecule has 2 N–H and O–H groups in total. The van der Waals surface area contributed by atoms with Crippen LogP contribution in [0.2, 0.25) is 0 Å². The van der Waals surface area contributed by atoms with Crippen LogP contribution in [0.15, 0.2) is 0 Å². The van der Waals surface area contributed by atoms with E-state index in [-0.39, 0.29) is 12.1 Å². The normalized spacial score (nSPS) is 14.3. The summed E-state index contributed by atoms with van der Waals surface area (Å²) in [6.45, 7) is 5.02. The maximum absolute atomic E-state index is 8.40. The molecule has 0 aliphatic carbocycles. The molecule has 0 aromatic carbocycles.